The number of allylic oxidation sites excluding steroid dienone is 3. The van der Waals surface area contributed by atoms with E-state index in [1.807, 2.05) is 0 Å². The summed E-state index contributed by atoms with van der Waals surface area (Å²) in [6, 6.07) is 4.87. The summed E-state index contributed by atoms with van der Waals surface area (Å²) < 4.78 is 9.82. The van der Waals surface area contributed by atoms with Gasteiger partial charge in [-0.05, 0) is 36.6 Å². The van der Waals surface area contributed by atoms with Gasteiger partial charge in [0.05, 0.1) is 10.5 Å². The van der Waals surface area contributed by atoms with E-state index in [1.165, 1.54) is 0 Å². The highest BCUT2D eigenvalue weighted by Crippen LogP contribution is 2.43. The van der Waals surface area contributed by atoms with Crippen LogP contribution in [-0.2, 0) is 14.4 Å². The Labute approximate surface area is 163 Å². The molecule has 2 aromatic rings. The van der Waals surface area contributed by atoms with E-state index in [-0.39, 0.29) is 24.3 Å². The van der Waals surface area contributed by atoms with Crippen LogP contribution in [0.25, 0.3) is 11.0 Å². The number of fused-ring (bicyclic) bond motifs is 1. The van der Waals surface area contributed by atoms with Crippen molar-refractivity contribution in [3.63, 3.8) is 0 Å². The lowest BCUT2D eigenvalue weighted by Gasteiger charge is -2.25. The van der Waals surface area contributed by atoms with Gasteiger partial charge in [0.15, 0.2) is 0 Å². The Balaban J connectivity index is 2.04. The van der Waals surface area contributed by atoms with Gasteiger partial charge in [-0.3, -0.25) is 10.1 Å². The smallest absolute Gasteiger partial charge is 0.335 e. The molecule has 1 aliphatic carbocycles. The molecular formula is C17H16N4O8. The monoisotopic (exact) mass is 404 g/mol. The van der Waals surface area contributed by atoms with Crippen molar-refractivity contribution in [3.05, 3.63) is 66.4 Å². The fourth-order valence-electron chi connectivity index (χ4n) is 3.45. The van der Waals surface area contributed by atoms with Gasteiger partial charge in [0.2, 0.25) is 0 Å². The summed E-state index contributed by atoms with van der Waals surface area (Å²) in [5, 5.41) is 28.6. The second-order valence-corrected chi connectivity index (χ2v) is 6.40. The van der Waals surface area contributed by atoms with E-state index in [0.717, 1.165) is 0 Å². The van der Waals surface area contributed by atoms with Gasteiger partial charge < -0.3 is 9.57 Å². The third-order valence-electron chi connectivity index (χ3n) is 4.55. The van der Waals surface area contributed by atoms with Crippen LogP contribution in [0.5, 0.6) is 0 Å². The number of nitrogens with zero attached hydrogens (tertiary/aromatic N) is 4. The molecule has 0 saturated heterocycles. The van der Waals surface area contributed by atoms with Crippen LogP contribution in [0, 0.1) is 20.2 Å². The van der Waals surface area contributed by atoms with E-state index in [9.17, 15) is 25.0 Å². The van der Waals surface area contributed by atoms with Crippen LogP contribution >= 0.6 is 0 Å². The van der Waals surface area contributed by atoms with Gasteiger partial charge in [-0.1, -0.05) is 17.7 Å². The van der Waals surface area contributed by atoms with Crippen molar-refractivity contribution >= 4 is 17.0 Å². The number of carbonyl (C=O) groups excluding carboxylic acids is 1. The minimum absolute atomic E-state index is 0.0823. The molecule has 0 spiro atoms. The van der Waals surface area contributed by atoms with Crippen LogP contribution in [0.15, 0.2) is 45.2 Å². The molecule has 0 radical (unpaired) electrons. The van der Waals surface area contributed by atoms with Crippen LogP contribution in [0.1, 0.15) is 31.7 Å². The second-order valence-electron chi connectivity index (χ2n) is 6.40. The molecule has 0 bridgehead atoms. The van der Waals surface area contributed by atoms with E-state index in [4.69, 9.17) is 9.37 Å². The molecule has 12 heteroatoms. The SMILES string of the molecule is CC1=C(C(=O)OCCO[N+](=O)[O-])[C@H](c2cccc3nonc23)C([N+](=O)[O-])=C(C)C1. The van der Waals surface area contributed by atoms with Crippen molar-refractivity contribution in [3.8, 4) is 0 Å². The third kappa shape index (κ3) is 3.90. The number of hydrogen-bond acceptors (Lipinski definition) is 10. The number of carbonyl (C=O) groups is 1. The Hall–Kier alpha value is -3.83. The van der Waals surface area contributed by atoms with Crippen LogP contribution in [0.3, 0.4) is 0 Å². The number of esters is 1. The van der Waals surface area contributed by atoms with E-state index >= 15 is 0 Å². The van der Waals surface area contributed by atoms with Crippen molar-refractivity contribution in [2.45, 2.75) is 26.2 Å². The Bertz CT molecular complexity index is 1050. The van der Waals surface area contributed by atoms with E-state index in [2.05, 4.69) is 15.2 Å². The fraction of sp³-hybridized carbons (Fsp3) is 0.353. The van der Waals surface area contributed by atoms with Gasteiger partial charge in [-0.25, -0.2) is 9.42 Å². The zero-order valence-electron chi connectivity index (χ0n) is 15.5. The number of hydrogen-bond donors (Lipinski definition) is 0. The summed E-state index contributed by atoms with van der Waals surface area (Å²) in [5.74, 6) is -1.88. The Morgan fingerprint density at radius 2 is 1.97 bits per heavy atom. The summed E-state index contributed by atoms with van der Waals surface area (Å²) in [6.07, 6.45) is 0.218. The maximum atomic E-state index is 12.8. The van der Waals surface area contributed by atoms with Gasteiger partial charge in [-0.15, -0.1) is 10.1 Å². The molecule has 0 unspecified atom stereocenters. The normalized spacial score (nSPS) is 16.8. The largest absolute Gasteiger partial charge is 0.460 e. The van der Waals surface area contributed by atoms with Crippen molar-refractivity contribution in [2.75, 3.05) is 13.2 Å². The Morgan fingerprint density at radius 1 is 1.21 bits per heavy atom. The Kier molecular flexibility index (Phi) is 5.52. The zero-order valence-corrected chi connectivity index (χ0v) is 15.5. The third-order valence-corrected chi connectivity index (χ3v) is 4.55. The molecule has 1 atom stereocenters. The van der Waals surface area contributed by atoms with Crippen LogP contribution in [0.2, 0.25) is 0 Å². The number of rotatable bonds is 7. The molecule has 29 heavy (non-hydrogen) atoms. The van der Waals surface area contributed by atoms with Gasteiger partial charge >= 0.3 is 5.97 Å². The van der Waals surface area contributed by atoms with Crippen molar-refractivity contribution in [2.24, 2.45) is 0 Å². The van der Waals surface area contributed by atoms with E-state index in [1.54, 1.807) is 32.0 Å². The highest BCUT2D eigenvalue weighted by Gasteiger charge is 2.41. The molecule has 0 amide bonds. The maximum Gasteiger partial charge on any atom is 0.335 e. The van der Waals surface area contributed by atoms with Crippen LogP contribution in [0.4, 0.5) is 0 Å². The minimum Gasteiger partial charge on any atom is -0.460 e. The predicted molar refractivity (Wildman–Crippen MR) is 95.5 cm³/mol. The molecule has 1 aliphatic rings. The standard InChI is InChI=1S/C17H16N4O8/c1-9-8-10(2)16(20(23)24)14(11-4-3-5-12-15(11)19-29-18-12)13(9)17(22)27-6-7-28-21(25)26/h3-5,14H,6-8H2,1-2H3/t14-/m0/s1. The molecule has 12 nitrogen and oxygen atoms in total. The second kappa shape index (κ2) is 8.04. The van der Waals surface area contributed by atoms with Crippen molar-refractivity contribution in [1.82, 2.24) is 10.3 Å². The van der Waals surface area contributed by atoms with Crippen LogP contribution < -0.4 is 0 Å². The molecule has 0 N–H and O–H groups in total. The number of nitro groups is 1. The Morgan fingerprint density at radius 3 is 2.66 bits per heavy atom. The van der Waals surface area contributed by atoms with Gasteiger partial charge in [-0.2, -0.15) is 0 Å². The highest BCUT2D eigenvalue weighted by atomic mass is 17.0. The van der Waals surface area contributed by atoms with Gasteiger partial charge in [0.1, 0.15) is 30.2 Å². The topological polar surface area (TPSA) is 161 Å². The zero-order chi connectivity index (χ0) is 21.1. The number of benzene rings is 1. The molecule has 3 rings (SSSR count). The first kappa shape index (κ1) is 19.9. The van der Waals surface area contributed by atoms with Crippen LogP contribution in [-0.4, -0.2) is 39.5 Å². The number of ether oxygens (including phenoxy) is 1. The molecule has 1 aromatic carbocycles. The first-order chi connectivity index (χ1) is 13.8. The first-order valence-corrected chi connectivity index (χ1v) is 8.50. The summed E-state index contributed by atoms with van der Waals surface area (Å²) >= 11 is 0. The average molecular weight is 404 g/mol. The summed E-state index contributed by atoms with van der Waals surface area (Å²) in [4.78, 5) is 38.4. The minimum atomic E-state index is -1.06. The van der Waals surface area contributed by atoms with E-state index in [0.29, 0.717) is 27.7 Å². The molecule has 0 fully saturated rings. The molecule has 0 aliphatic heterocycles. The lowest BCUT2D eigenvalue weighted by molar-refractivity contribution is -0.757. The average Bonchev–Trinajstić information content (AvgIpc) is 3.12. The first-order valence-electron chi connectivity index (χ1n) is 8.50. The molecule has 1 heterocycles. The summed E-state index contributed by atoms with van der Waals surface area (Å²) in [7, 11) is 0. The molecule has 1 aromatic heterocycles. The lowest BCUT2D eigenvalue weighted by atomic mass is 9.78. The van der Waals surface area contributed by atoms with Crippen molar-refractivity contribution in [1.29, 1.82) is 0 Å². The quantitative estimate of drug-likeness (QED) is 0.290. The van der Waals surface area contributed by atoms with Gasteiger partial charge in [0.25, 0.3) is 10.8 Å². The van der Waals surface area contributed by atoms with Gasteiger partial charge in [0, 0.05) is 11.1 Å². The molecule has 152 valence electrons. The summed E-state index contributed by atoms with van der Waals surface area (Å²) in [5.41, 5.74) is 2.08. The number of aromatic nitrogens is 2. The summed E-state index contributed by atoms with van der Waals surface area (Å²) in [6.45, 7) is 2.48. The van der Waals surface area contributed by atoms with E-state index < -0.39 is 28.5 Å². The predicted octanol–water partition coefficient (Wildman–Crippen LogP) is 2.33. The fourth-order valence-corrected chi connectivity index (χ4v) is 3.45. The highest BCUT2D eigenvalue weighted by molar-refractivity contribution is 5.94. The lowest BCUT2D eigenvalue weighted by Crippen LogP contribution is -2.26. The molecule has 0 saturated carbocycles. The molecular weight excluding hydrogens is 388 g/mol. The van der Waals surface area contributed by atoms with Crippen molar-refractivity contribution < 1.29 is 29.0 Å². The maximum absolute atomic E-state index is 12.8.